The van der Waals surface area contributed by atoms with Crippen LogP contribution >= 0.6 is 23.2 Å². The molecule has 1 aliphatic heterocycles. The highest BCUT2D eigenvalue weighted by molar-refractivity contribution is 6.35. The van der Waals surface area contributed by atoms with Gasteiger partial charge < -0.3 is 15.0 Å². The van der Waals surface area contributed by atoms with Gasteiger partial charge in [0, 0.05) is 18.1 Å². The fourth-order valence-electron chi connectivity index (χ4n) is 2.73. The van der Waals surface area contributed by atoms with Gasteiger partial charge in [0.2, 0.25) is 0 Å². The molecule has 0 bridgehead atoms. The number of halogens is 2. The summed E-state index contributed by atoms with van der Waals surface area (Å²) in [6, 6.07) is 12.7. The molecule has 1 saturated heterocycles. The van der Waals surface area contributed by atoms with E-state index >= 15 is 0 Å². The summed E-state index contributed by atoms with van der Waals surface area (Å²) in [6.07, 6.45) is 2.36. The molecule has 0 radical (unpaired) electrons. The van der Waals surface area contributed by atoms with Gasteiger partial charge in [-0.3, -0.25) is 4.79 Å². The Morgan fingerprint density at radius 1 is 1.12 bits per heavy atom. The number of para-hydroxylation sites is 2. The molecular formula is C18H18Cl2N2O2. The van der Waals surface area contributed by atoms with Gasteiger partial charge in [0.05, 0.1) is 16.4 Å². The zero-order valence-corrected chi connectivity index (χ0v) is 14.6. The molecule has 2 aromatic rings. The molecule has 6 heteroatoms. The number of carbonyl (C=O) groups excluding carboxylic acids is 1. The maximum absolute atomic E-state index is 12.2. The fourth-order valence-corrected chi connectivity index (χ4v) is 3.20. The molecule has 126 valence electrons. The molecule has 0 aromatic heterocycles. The second-order valence-electron chi connectivity index (χ2n) is 5.62. The maximum Gasteiger partial charge on any atom is 0.262 e. The highest BCUT2D eigenvalue weighted by Gasteiger charge is 2.16. The number of rotatable bonds is 5. The number of nitrogens with zero attached hydrogens (tertiary/aromatic N) is 1. The Balaban J connectivity index is 1.63. The summed E-state index contributed by atoms with van der Waals surface area (Å²) in [6.45, 7) is 1.92. The SMILES string of the molecule is O=C(COc1ccc(Cl)cc1Cl)Nc1ccccc1N1CCCC1. The summed E-state index contributed by atoms with van der Waals surface area (Å²) in [5.41, 5.74) is 1.85. The minimum atomic E-state index is -0.229. The Morgan fingerprint density at radius 3 is 2.62 bits per heavy atom. The molecule has 1 amide bonds. The standard InChI is InChI=1S/C18H18Cl2N2O2/c19-13-7-8-17(14(20)11-13)24-12-18(23)21-15-5-1-2-6-16(15)22-9-3-4-10-22/h1-2,5-8,11H,3-4,9-10,12H2,(H,21,23). The minimum absolute atomic E-state index is 0.115. The third-order valence-corrected chi connectivity index (χ3v) is 4.41. The summed E-state index contributed by atoms with van der Waals surface area (Å²) < 4.78 is 5.47. The van der Waals surface area contributed by atoms with Gasteiger partial charge >= 0.3 is 0 Å². The fraction of sp³-hybridized carbons (Fsp3) is 0.278. The average Bonchev–Trinajstić information content (AvgIpc) is 3.09. The minimum Gasteiger partial charge on any atom is -0.482 e. The molecule has 3 rings (SSSR count). The Bertz CT molecular complexity index is 731. The van der Waals surface area contributed by atoms with Crippen LogP contribution in [0.25, 0.3) is 0 Å². The monoisotopic (exact) mass is 364 g/mol. The van der Waals surface area contributed by atoms with E-state index in [1.165, 1.54) is 12.8 Å². The van der Waals surface area contributed by atoms with E-state index in [0.717, 1.165) is 24.5 Å². The summed E-state index contributed by atoms with van der Waals surface area (Å²) in [5.74, 6) is 0.205. The van der Waals surface area contributed by atoms with Gasteiger partial charge in [0.25, 0.3) is 5.91 Å². The highest BCUT2D eigenvalue weighted by Crippen LogP contribution is 2.29. The lowest BCUT2D eigenvalue weighted by Gasteiger charge is -2.21. The van der Waals surface area contributed by atoms with Crippen molar-refractivity contribution in [2.45, 2.75) is 12.8 Å². The Hall–Kier alpha value is -1.91. The van der Waals surface area contributed by atoms with Gasteiger partial charge in [0.1, 0.15) is 5.75 Å². The number of ether oxygens (including phenoxy) is 1. The van der Waals surface area contributed by atoms with Gasteiger partial charge in [-0.05, 0) is 43.2 Å². The van der Waals surface area contributed by atoms with Crippen LogP contribution in [-0.2, 0) is 4.79 Å². The molecular weight excluding hydrogens is 347 g/mol. The second kappa shape index (κ2) is 7.77. The molecule has 1 heterocycles. The van der Waals surface area contributed by atoms with Crippen molar-refractivity contribution in [2.75, 3.05) is 29.9 Å². The van der Waals surface area contributed by atoms with E-state index in [1.54, 1.807) is 18.2 Å². The van der Waals surface area contributed by atoms with Gasteiger partial charge in [-0.15, -0.1) is 0 Å². The van der Waals surface area contributed by atoms with E-state index in [9.17, 15) is 4.79 Å². The van der Waals surface area contributed by atoms with Crippen LogP contribution in [0.2, 0.25) is 10.0 Å². The summed E-state index contributed by atoms with van der Waals surface area (Å²) in [4.78, 5) is 14.5. The molecule has 0 spiro atoms. The topological polar surface area (TPSA) is 41.6 Å². The molecule has 0 atom stereocenters. The average molecular weight is 365 g/mol. The van der Waals surface area contributed by atoms with E-state index in [2.05, 4.69) is 10.2 Å². The van der Waals surface area contributed by atoms with Crippen molar-refractivity contribution < 1.29 is 9.53 Å². The zero-order chi connectivity index (χ0) is 16.9. The molecule has 2 aromatic carbocycles. The molecule has 0 saturated carbocycles. The van der Waals surface area contributed by atoms with Crippen molar-refractivity contribution in [3.8, 4) is 5.75 Å². The zero-order valence-electron chi connectivity index (χ0n) is 13.1. The predicted molar refractivity (Wildman–Crippen MR) is 98.5 cm³/mol. The van der Waals surface area contributed by atoms with Crippen LogP contribution in [-0.4, -0.2) is 25.6 Å². The van der Waals surface area contributed by atoms with Crippen molar-refractivity contribution in [1.82, 2.24) is 0 Å². The predicted octanol–water partition coefficient (Wildman–Crippen LogP) is 4.61. The highest BCUT2D eigenvalue weighted by atomic mass is 35.5. The number of nitrogens with one attached hydrogen (secondary N) is 1. The first-order chi connectivity index (χ1) is 11.6. The lowest BCUT2D eigenvalue weighted by Crippen LogP contribution is -2.24. The molecule has 1 N–H and O–H groups in total. The molecule has 1 fully saturated rings. The first kappa shape index (κ1) is 16.9. The van der Waals surface area contributed by atoms with E-state index in [-0.39, 0.29) is 12.5 Å². The Labute approximate surface area is 151 Å². The van der Waals surface area contributed by atoms with Gasteiger partial charge in [-0.25, -0.2) is 0 Å². The maximum atomic E-state index is 12.2. The third kappa shape index (κ3) is 4.13. The van der Waals surface area contributed by atoms with Crippen LogP contribution in [0, 0.1) is 0 Å². The largest absolute Gasteiger partial charge is 0.482 e. The van der Waals surface area contributed by atoms with Crippen LogP contribution in [0.5, 0.6) is 5.75 Å². The van der Waals surface area contributed by atoms with Crippen LogP contribution in [0.4, 0.5) is 11.4 Å². The number of hydrogen-bond donors (Lipinski definition) is 1. The van der Waals surface area contributed by atoms with Crippen molar-refractivity contribution in [3.05, 3.63) is 52.5 Å². The van der Waals surface area contributed by atoms with Crippen molar-refractivity contribution in [3.63, 3.8) is 0 Å². The number of amides is 1. The van der Waals surface area contributed by atoms with E-state index in [4.69, 9.17) is 27.9 Å². The van der Waals surface area contributed by atoms with Crippen LogP contribution in [0.15, 0.2) is 42.5 Å². The lowest BCUT2D eigenvalue weighted by molar-refractivity contribution is -0.118. The smallest absolute Gasteiger partial charge is 0.262 e. The quantitative estimate of drug-likeness (QED) is 0.841. The number of carbonyl (C=O) groups is 1. The van der Waals surface area contributed by atoms with Crippen molar-refractivity contribution in [2.24, 2.45) is 0 Å². The molecule has 1 aliphatic rings. The second-order valence-corrected chi connectivity index (χ2v) is 6.47. The molecule has 0 aliphatic carbocycles. The number of benzene rings is 2. The normalized spacial score (nSPS) is 13.8. The molecule has 24 heavy (non-hydrogen) atoms. The Kier molecular flexibility index (Phi) is 5.48. The first-order valence-corrected chi connectivity index (χ1v) is 8.61. The van der Waals surface area contributed by atoms with Gasteiger partial charge in [-0.1, -0.05) is 35.3 Å². The van der Waals surface area contributed by atoms with E-state index in [1.807, 2.05) is 24.3 Å². The molecule has 4 nitrogen and oxygen atoms in total. The van der Waals surface area contributed by atoms with Crippen molar-refractivity contribution in [1.29, 1.82) is 0 Å². The van der Waals surface area contributed by atoms with E-state index < -0.39 is 0 Å². The summed E-state index contributed by atoms with van der Waals surface area (Å²) in [5, 5.41) is 3.82. The van der Waals surface area contributed by atoms with Crippen LogP contribution < -0.4 is 15.0 Å². The Morgan fingerprint density at radius 2 is 1.88 bits per heavy atom. The number of hydrogen-bond acceptors (Lipinski definition) is 3. The van der Waals surface area contributed by atoms with Gasteiger partial charge in [-0.2, -0.15) is 0 Å². The number of anilines is 2. The van der Waals surface area contributed by atoms with Gasteiger partial charge in [0.15, 0.2) is 6.61 Å². The van der Waals surface area contributed by atoms with Crippen LogP contribution in [0.3, 0.4) is 0 Å². The van der Waals surface area contributed by atoms with E-state index in [0.29, 0.717) is 15.8 Å². The lowest BCUT2D eigenvalue weighted by atomic mass is 10.2. The third-order valence-electron chi connectivity index (χ3n) is 3.88. The molecule has 0 unspecified atom stereocenters. The summed E-state index contributed by atoms with van der Waals surface area (Å²) >= 11 is 11.9. The van der Waals surface area contributed by atoms with Crippen LogP contribution in [0.1, 0.15) is 12.8 Å². The first-order valence-electron chi connectivity index (χ1n) is 7.85. The van der Waals surface area contributed by atoms with Crippen molar-refractivity contribution >= 4 is 40.5 Å². The summed E-state index contributed by atoms with van der Waals surface area (Å²) in [7, 11) is 0.